The molecule has 0 saturated carbocycles. The summed E-state index contributed by atoms with van der Waals surface area (Å²) in [5.41, 5.74) is 5.53. The zero-order valence-electron chi connectivity index (χ0n) is 10.1. The summed E-state index contributed by atoms with van der Waals surface area (Å²) in [6, 6.07) is 5.75. The van der Waals surface area contributed by atoms with Crippen molar-refractivity contribution in [3.8, 4) is 6.07 Å². The third-order valence-corrected chi connectivity index (χ3v) is 2.41. The van der Waals surface area contributed by atoms with E-state index >= 15 is 0 Å². The van der Waals surface area contributed by atoms with Crippen LogP contribution in [0.2, 0.25) is 0 Å². The minimum Gasteiger partial charge on any atom is -0.366 e. The lowest BCUT2D eigenvalue weighted by Gasteiger charge is -2.26. The highest BCUT2D eigenvalue weighted by molar-refractivity contribution is 5.92. The van der Waals surface area contributed by atoms with E-state index in [0.717, 1.165) is 5.82 Å². The summed E-state index contributed by atoms with van der Waals surface area (Å²) in [5.74, 6) is 0.262. The van der Waals surface area contributed by atoms with Crippen molar-refractivity contribution in [2.45, 2.75) is 26.3 Å². The highest BCUT2D eigenvalue weighted by Crippen LogP contribution is 2.14. The molecule has 0 aliphatic heterocycles. The number of pyridine rings is 1. The number of primary amides is 1. The number of nitriles is 1. The summed E-state index contributed by atoms with van der Waals surface area (Å²) in [4.78, 5) is 17.1. The first-order valence-electron chi connectivity index (χ1n) is 5.45. The van der Waals surface area contributed by atoms with Crippen molar-refractivity contribution in [3.63, 3.8) is 0 Å². The number of carbonyl (C=O) groups excluding carboxylic acids is 1. The number of hydrogen-bond donors (Lipinski definition) is 1. The molecule has 1 amide bonds. The van der Waals surface area contributed by atoms with Gasteiger partial charge in [-0.15, -0.1) is 0 Å². The molecule has 0 fully saturated rings. The van der Waals surface area contributed by atoms with Crippen LogP contribution in [0, 0.1) is 11.3 Å². The van der Waals surface area contributed by atoms with Crippen molar-refractivity contribution < 1.29 is 4.79 Å². The molecule has 90 valence electrons. The molecule has 0 aliphatic rings. The van der Waals surface area contributed by atoms with Gasteiger partial charge in [0.2, 0.25) is 5.91 Å². The number of hydrogen-bond acceptors (Lipinski definition) is 4. The van der Waals surface area contributed by atoms with Crippen molar-refractivity contribution in [2.24, 2.45) is 5.73 Å². The van der Waals surface area contributed by atoms with E-state index < -0.39 is 5.91 Å². The first-order chi connectivity index (χ1) is 8.06. The van der Waals surface area contributed by atoms with Gasteiger partial charge in [-0.1, -0.05) is 0 Å². The van der Waals surface area contributed by atoms with Crippen molar-refractivity contribution in [1.29, 1.82) is 5.26 Å². The van der Waals surface area contributed by atoms with E-state index in [1.807, 2.05) is 18.7 Å². The second-order valence-electron chi connectivity index (χ2n) is 3.96. The number of aromatic nitrogens is 1. The topological polar surface area (TPSA) is 83.0 Å². The van der Waals surface area contributed by atoms with Gasteiger partial charge in [0, 0.05) is 18.8 Å². The van der Waals surface area contributed by atoms with Crippen LogP contribution in [0.25, 0.3) is 0 Å². The smallest absolute Gasteiger partial charge is 0.250 e. The van der Waals surface area contributed by atoms with E-state index in [2.05, 4.69) is 11.1 Å². The van der Waals surface area contributed by atoms with Crippen LogP contribution in [0.1, 0.15) is 30.6 Å². The zero-order valence-corrected chi connectivity index (χ0v) is 10.1. The van der Waals surface area contributed by atoms with Gasteiger partial charge in [0.15, 0.2) is 0 Å². The SMILES string of the molecule is CC(C)N(CCC#N)c1ccc(C(N)=O)cn1. The summed E-state index contributed by atoms with van der Waals surface area (Å²) in [6.45, 7) is 4.68. The first kappa shape index (κ1) is 13.0. The molecule has 1 aromatic rings. The third-order valence-electron chi connectivity index (χ3n) is 2.41. The van der Waals surface area contributed by atoms with Crippen LogP contribution in [0.15, 0.2) is 18.3 Å². The fourth-order valence-corrected chi connectivity index (χ4v) is 1.51. The number of rotatable bonds is 5. The van der Waals surface area contributed by atoms with E-state index in [9.17, 15) is 4.79 Å². The molecular formula is C12H16N4O. The maximum atomic E-state index is 10.9. The largest absolute Gasteiger partial charge is 0.366 e. The van der Waals surface area contributed by atoms with Gasteiger partial charge in [0.1, 0.15) is 5.82 Å². The number of amides is 1. The Morgan fingerprint density at radius 2 is 2.29 bits per heavy atom. The van der Waals surface area contributed by atoms with E-state index in [0.29, 0.717) is 18.5 Å². The number of carbonyl (C=O) groups is 1. The number of nitrogens with zero attached hydrogens (tertiary/aromatic N) is 3. The lowest BCUT2D eigenvalue weighted by Crippen LogP contribution is -2.32. The Kier molecular flexibility index (Phi) is 4.46. The molecule has 1 heterocycles. The molecule has 0 spiro atoms. The molecule has 17 heavy (non-hydrogen) atoms. The Hall–Kier alpha value is -2.09. The van der Waals surface area contributed by atoms with E-state index in [4.69, 9.17) is 11.0 Å². The van der Waals surface area contributed by atoms with Crippen LogP contribution in [-0.4, -0.2) is 23.5 Å². The minimum absolute atomic E-state index is 0.246. The quantitative estimate of drug-likeness (QED) is 0.829. The first-order valence-corrected chi connectivity index (χ1v) is 5.45. The molecule has 0 bridgehead atoms. The molecule has 2 N–H and O–H groups in total. The maximum Gasteiger partial charge on any atom is 0.250 e. The van der Waals surface area contributed by atoms with Crippen LogP contribution in [-0.2, 0) is 0 Å². The van der Waals surface area contributed by atoms with Gasteiger partial charge in [-0.3, -0.25) is 4.79 Å². The molecular weight excluding hydrogens is 216 g/mol. The van der Waals surface area contributed by atoms with E-state index in [-0.39, 0.29) is 6.04 Å². The van der Waals surface area contributed by atoms with Crippen molar-refractivity contribution >= 4 is 11.7 Å². The lowest BCUT2D eigenvalue weighted by atomic mass is 10.2. The summed E-state index contributed by atoms with van der Waals surface area (Å²) >= 11 is 0. The molecule has 0 atom stereocenters. The van der Waals surface area contributed by atoms with Crippen molar-refractivity contribution in [2.75, 3.05) is 11.4 Å². The minimum atomic E-state index is -0.489. The fraction of sp³-hybridized carbons (Fsp3) is 0.417. The van der Waals surface area contributed by atoms with Crippen molar-refractivity contribution in [1.82, 2.24) is 4.98 Å². The molecule has 5 heteroatoms. The summed E-state index contributed by atoms with van der Waals surface area (Å²) < 4.78 is 0. The third kappa shape index (κ3) is 3.45. The predicted octanol–water partition coefficient (Wildman–Crippen LogP) is 1.31. The summed E-state index contributed by atoms with van der Waals surface area (Å²) in [6.07, 6.45) is 1.90. The van der Waals surface area contributed by atoms with Crippen LogP contribution in [0.3, 0.4) is 0 Å². The molecule has 1 aromatic heterocycles. The molecule has 1 rings (SSSR count). The molecule has 0 radical (unpaired) electrons. The Morgan fingerprint density at radius 1 is 1.59 bits per heavy atom. The number of anilines is 1. The highest BCUT2D eigenvalue weighted by atomic mass is 16.1. The Bertz CT molecular complexity index is 419. The van der Waals surface area contributed by atoms with Crippen molar-refractivity contribution in [3.05, 3.63) is 23.9 Å². The average Bonchev–Trinajstić information content (AvgIpc) is 2.29. The fourth-order valence-electron chi connectivity index (χ4n) is 1.51. The van der Waals surface area contributed by atoms with Crippen LogP contribution < -0.4 is 10.6 Å². The van der Waals surface area contributed by atoms with Gasteiger partial charge in [-0.05, 0) is 26.0 Å². The lowest BCUT2D eigenvalue weighted by molar-refractivity contribution is 0.1000. The Morgan fingerprint density at radius 3 is 2.71 bits per heavy atom. The monoisotopic (exact) mass is 232 g/mol. The van der Waals surface area contributed by atoms with Crippen LogP contribution in [0.5, 0.6) is 0 Å². The van der Waals surface area contributed by atoms with Gasteiger partial charge in [0.25, 0.3) is 0 Å². The standard InChI is InChI=1S/C12H16N4O/c1-9(2)16(7-3-6-13)11-5-4-10(8-15-11)12(14)17/h4-5,8-9H,3,7H2,1-2H3,(H2,14,17). The molecule has 0 aliphatic carbocycles. The van der Waals surface area contributed by atoms with Gasteiger partial charge in [-0.25, -0.2) is 4.98 Å². The van der Waals surface area contributed by atoms with E-state index in [1.54, 1.807) is 12.1 Å². The van der Waals surface area contributed by atoms with Gasteiger partial charge >= 0.3 is 0 Å². The predicted molar refractivity (Wildman–Crippen MR) is 65.5 cm³/mol. The molecule has 0 saturated heterocycles. The second kappa shape index (κ2) is 5.85. The highest BCUT2D eigenvalue weighted by Gasteiger charge is 2.11. The molecule has 0 aromatic carbocycles. The Balaban J connectivity index is 2.88. The van der Waals surface area contributed by atoms with Gasteiger partial charge in [0.05, 0.1) is 18.1 Å². The Labute approximate surface area is 101 Å². The average molecular weight is 232 g/mol. The normalized spacial score (nSPS) is 10.0. The second-order valence-corrected chi connectivity index (χ2v) is 3.96. The zero-order chi connectivity index (χ0) is 12.8. The van der Waals surface area contributed by atoms with Crippen LogP contribution >= 0.6 is 0 Å². The summed E-state index contributed by atoms with van der Waals surface area (Å²) in [7, 11) is 0. The molecule has 5 nitrogen and oxygen atoms in total. The number of nitrogens with two attached hydrogens (primary N) is 1. The van der Waals surface area contributed by atoms with Gasteiger partial charge in [-0.2, -0.15) is 5.26 Å². The van der Waals surface area contributed by atoms with E-state index in [1.165, 1.54) is 6.20 Å². The summed E-state index contributed by atoms with van der Waals surface area (Å²) in [5, 5.41) is 8.60. The van der Waals surface area contributed by atoms with Gasteiger partial charge < -0.3 is 10.6 Å². The maximum absolute atomic E-state index is 10.9. The molecule has 0 unspecified atom stereocenters. The van der Waals surface area contributed by atoms with Crippen LogP contribution in [0.4, 0.5) is 5.82 Å².